The second-order valence-corrected chi connectivity index (χ2v) is 14.6. The molecule has 2 amide bonds. The van der Waals surface area contributed by atoms with E-state index < -0.39 is 47.2 Å². The SMILES string of the molecule is CCc1cc(C)ccc1C(=O)Cc1cc(C(=O)Nc2cccc(C(=O)Nc3ccc(S(=O)(=O)[O-])c4cc(C)cc(S(=O)(=O)[O-])c34)c2)ccc1C.[Na+].[Na+]. The van der Waals surface area contributed by atoms with E-state index in [1.165, 1.54) is 31.2 Å². The smallest absolute Gasteiger partial charge is 0.744 e. The number of ketones is 1. The Kier molecular flexibility index (Phi) is 14.4. The van der Waals surface area contributed by atoms with Crippen molar-refractivity contribution in [3.8, 4) is 0 Å². The maximum absolute atomic E-state index is 13.4. The first-order valence-corrected chi connectivity index (χ1v) is 18.2. The maximum atomic E-state index is 13.4. The topological polar surface area (TPSA) is 190 Å². The Labute approximate surface area is 346 Å². The Morgan fingerprint density at radius 2 is 1.31 bits per heavy atom. The van der Waals surface area contributed by atoms with Gasteiger partial charge in [0.2, 0.25) is 0 Å². The maximum Gasteiger partial charge on any atom is 1.00 e. The van der Waals surface area contributed by atoms with E-state index in [1.807, 2.05) is 39.0 Å². The Hall–Kier alpha value is -3.21. The molecule has 5 rings (SSSR count). The van der Waals surface area contributed by atoms with Crippen molar-refractivity contribution in [2.45, 2.75) is 50.3 Å². The van der Waals surface area contributed by atoms with Crippen LogP contribution in [0.3, 0.4) is 0 Å². The number of fused-ring (bicyclic) bond motifs is 1. The average Bonchev–Trinajstić information content (AvgIpc) is 3.04. The van der Waals surface area contributed by atoms with Gasteiger partial charge in [-0.05, 0) is 98.0 Å². The normalized spacial score (nSPS) is 11.3. The number of amides is 2. The molecule has 0 fully saturated rings. The quantitative estimate of drug-likeness (QED) is 0.113. The summed E-state index contributed by atoms with van der Waals surface area (Å²) >= 11 is 0. The van der Waals surface area contributed by atoms with Gasteiger partial charge in [-0.25, -0.2) is 16.8 Å². The van der Waals surface area contributed by atoms with Crippen molar-refractivity contribution in [3.05, 3.63) is 129 Å². The van der Waals surface area contributed by atoms with Gasteiger partial charge >= 0.3 is 59.1 Å². The molecule has 258 valence electrons. The molecule has 0 saturated heterocycles. The molecule has 2 N–H and O–H groups in total. The first-order valence-electron chi connectivity index (χ1n) is 15.4. The fourth-order valence-electron chi connectivity index (χ4n) is 5.77. The molecule has 0 aliphatic carbocycles. The third-order valence-corrected chi connectivity index (χ3v) is 10.0. The number of anilines is 2. The van der Waals surface area contributed by atoms with E-state index in [-0.39, 0.29) is 105 Å². The van der Waals surface area contributed by atoms with Crippen LogP contribution in [0.1, 0.15) is 65.8 Å². The first-order chi connectivity index (χ1) is 23.5. The zero-order chi connectivity index (χ0) is 36.5. The number of nitrogens with one attached hydrogen (secondary N) is 2. The van der Waals surface area contributed by atoms with Crippen molar-refractivity contribution in [1.29, 1.82) is 0 Å². The molecule has 0 spiro atoms. The molecular weight excluding hydrogens is 727 g/mol. The second-order valence-electron chi connectivity index (χ2n) is 11.9. The van der Waals surface area contributed by atoms with Crippen LogP contribution < -0.4 is 69.7 Å². The Morgan fingerprint density at radius 1 is 0.654 bits per heavy atom. The zero-order valence-corrected chi connectivity index (χ0v) is 35.1. The summed E-state index contributed by atoms with van der Waals surface area (Å²) in [6, 6.07) is 20.8. The molecule has 0 aliphatic rings. The van der Waals surface area contributed by atoms with Crippen molar-refractivity contribution in [2.75, 3.05) is 10.6 Å². The fourth-order valence-corrected chi connectivity index (χ4v) is 7.24. The van der Waals surface area contributed by atoms with E-state index in [1.54, 1.807) is 24.3 Å². The zero-order valence-electron chi connectivity index (χ0n) is 29.5. The number of benzene rings is 5. The second kappa shape index (κ2) is 17.3. The third kappa shape index (κ3) is 9.85. The van der Waals surface area contributed by atoms with Crippen molar-refractivity contribution in [2.24, 2.45) is 0 Å². The largest absolute Gasteiger partial charge is 1.00 e. The van der Waals surface area contributed by atoms with Crippen LogP contribution in [0.25, 0.3) is 10.8 Å². The van der Waals surface area contributed by atoms with Crippen molar-refractivity contribution in [1.82, 2.24) is 0 Å². The number of carbonyl (C=O) groups is 3. The Bertz CT molecular complexity index is 2450. The summed E-state index contributed by atoms with van der Waals surface area (Å²) in [4.78, 5) is 38.4. The van der Waals surface area contributed by atoms with Crippen LogP contribution >= 0.6 is 0 Å². The Balaban J connectivity index is 0.00000364. The fraction of sp³-hybridized carbons (Fsp3) is 0.162. The number of aryl methyl sites for hydroxylation is 4. The summed E-state index contributed by atoms with van der Waals surface area (Å²) < 4.78 is 72.4. The van der Waals surface area contributed by atoms with Crippen LogP contribution in [0.4, 0.5) is 11.4 Å². The number of carbonyl (C=O) groups excluding carboxylic acids is 3. The van der Waals surface area contributed by atoms with Crippen molar-refractivity contribution < 1.29 is 99.4 Å². The van der Waals surface area contributed by atoms with Gasteiger partial charge < -0.3 is 19.7 Å². The number of Topliss-reactive ketones (excluding diaryl/α,β-unsaturated/α-hetero) is 1. The predicted molar refractivity (Wildman–Crippen MR) is 187 cm³/mol. The third-order valence-electron chi connectivity index (χ3n) is 8.26. The molecule has 0 saturated carbocycles. The summed E-state index contributed by atoms with van der Waals surface area (Å²) in [7, 11) is -10.3. The molecular formula is C37H32N2Na2O9S2. The van der Waals surface area contributed by atoms with Gasteiger partial charge in [-0.2, -0.15) is 0 Å². The molecule has 0 atom stereocenters. The number of rotatable bonds is 10. The molecule has 0 radical (unpaired) electrons. The van der Waals surface area contributed by atoms with E-state index in [9.17, 15) is 40.3 Å². The van der Waals surface area contributed by atoms with Crippen LogP contribution in [0.2, 0.25) is 0 Å². The molecule has 0 heterocycles. The van der Waals surface area contributed by atoms with E-state index in [0.717, 1.165) is 34.9 Å². The molecule has 0 bridgehead atoms. The van der Waals surface area contributed by atoms with Gasteiger partial charge in [-0.15, -0.1) is 0 Å². The molecule has 5 aromatic carbocycles. The minimum Gasteiger partial charge on any atom is -0.744 e. The van der Waals surface area contributed by atoms with Gasteiger partial charge in [-0.1, -0.05) is 48.9 Å². The van der Waals surface area contributed by atoms with Crippen LogP contribution in [-0.2, 0) is 33.1 Å². The van der Waals surface area contributed by atoms with Crippen molar-refractivity contribution >= 4 is 60.0 Å². The van der Waals surface area contributed by atoms with E-state index in [0.29, 0.717) is 17.5 Å². The molecule has 5 aromatic rings. The molecule has 15 heteroatoms. The van der Waals surface area contributed by atoms with Gasteiger partial charge in [-0.3, -0.25) is 14.4 Å². The number of hydrogen-bond acceptors (Lipinski definition) is 9. The van der Waals surface area contributed by atoms with Gasteiger partial charge in [0.1, 0.15) is 20.2 Å². The van der Waals surface area contributed by atoms with E-state index >= 15 is 0 Å². The molecule has 0 aromatic heterocycles. The first kappa shape index (κ1) is 43.2. The summed E-state index contributed by atoms with van der Waals surface area (Å²) in [6.07, 6.45) is 0.808. The van der Waals surface area contributed by atoms with Gasteiger partial charge in [0.25, 0.3) is 11.8 Å². The van der Waals surface area contributed by atoms with Crippen molar-refractivity contribution in [3.63, 3.8) is 0 Å². The minimum absolute atomic E-state index is 0. The van der Waals surface area contributed by atoms with Gasteiger partial charge in [0, 0.05) is 39.6 Å². The standard InChI is InChI=1S/C37H34N2O9S2.2Na/c1-5-24-15-21(2)9-12-29(24)32(40)20-27-18-26(11-10-23(27)4)36(41)38-28-8-6-7-25(19-28)37(42)39-31-13-14-33(49(43,44)45)30-16-22(3)17-34(35(30)31)50(46,47)48;;/h6-19H,5,20H2,1-4H3,(H,38,41)(H,39,42)(H,43,44,45)(H,46,47,48);;/q;2*+1/p-2. The van der Waals surface area contributed by atoms with E-state index in [4.69, 9.17) is 0 Å². The van der Waals surface area contributed by atoms with Crippen LogP contribution in [-0.4, -0.2) is 43.5 Å². The molecule has 11 nitrogen and oxygen atoms in total. The monoisotopic (exact) mass is 758 g/mol. The summed E-state index contributed by atoms with van der Waals surface area (Å²) in [5.41, 5.74) is 4.72. The predicted octanol–water partition coefficient (Wildman–Crippen LogP) is 0.0737. The minimum atomic E-state index is -5.18. The molecule has 52 heavy (non-hydrogen) atoms. The number of hydrogen-bond donors (Lipinski definition) is 2. The molecule has 0 aliphatic heterocycles. The van der Waals surface area contributed by atoms with Crippen LogP contribution in [0.15, 0.2) is 94.7 Å². The Morgan fingerprint density at radius 3 is 1.96 bits per heavy atom. The van der Waals surface area contributed by atoms with Gasteiger partial charge in [0.15, 0.2) is 5.78 Å². The van der Waals surface area contributed by atoms with Crippen LogP contribution in [0.5, 0.6) is 0 Å². The van der Waals surface area contributed by atoms with Gasteiger partial charge in [0.05, 0.1) is 15.5 Å². The summed E-state index contributed by atoms with van der Waals surface area (Å²) in [5.74, 6) is -1.34. The van der Waals surface area contributed by atoms with Crippen LogP contribution in [0, 0.1) is 20.8 Å². The summed E-state index contributed by atoms with van der Waals surface area (Å²) in [6.45, 7) is 7.23. The average molecular weight is 759 g/mol. The summed E-state index contributed by atoms with van der Waals surface area (Å²) in [5, 5.41) is 4.47. The molecule has 0 unspecified atom stereocenters. The van der Waals surface area contributed by atoms with E-state index in [2.05, 4.69) is 10.6 Å².